The predicted octanol–water partition coefficient (Wildman–Crippen LogP) is 3.74. The number of aromatic nitrogens is 1. The molecule has 0 aliphatic heterocycles. The van der Waals surface area contributed by atoms with Crippen molar-refractivity contribution in [2.75, 3.05) is 11.9 Å². The Hall–Kier alpha value is -1.20. The highest BCUT2D eigenvalue weighted by Gasteiger charge is 2.06. The molecule has 0 aliphatic rings. The molecule has 0 atom stereocenters. The number of rotatable bonds is 4. The summed E-state index contributed by atoms with van der Waals surface area (Å²) >= 11 is 5.16. The molecule has 94 valence electrons. The number of Topliss-reactive ketones (excluding diaryl/α,β-unsaturated/α-hetero) is 1. The van der Waals surface area contributed by atoms with Crippen LogP contribution in [0.2, 0.25) is 0 Å². The van der Waals surface area contributed by atoms with Crippen molar-refractivity contribution in [3.63, 3.8) is 0 Å². The zero-order valence-corrected chi connectivity index (χ0v) is 12.6. The molecule has 0 saturated carbocycles. The third-order valence-corrected chi connectivity index (χ3v) is 4.25. The number of nitrogens with zero attached hydrogens (tertiary/aromatic N) is 2. The van der Waals surface area contributed by atoms with E-state index in [0.29, 0.717) is 5.69 Å². The number of halogens is 1. The van der Waals surface area contributed by atoms with E-state index in [-0.39, 0.29) is 5.78 Å². The lowest BCUT2D eigenvalue weighted by atomic mass is 10.2. The zero-order valence-electron chi connectivity index (χ0n) is 10.2. The molecule has 0 fully saturated rings. The van der Waals surface area contributed by atoms with Crippen LogP contribution in [0.15, 0.2) is 34.2 Å². The lowest BCUT2D eigenvalue weighted by molar-refractivity contribution is 0.101. The molecule has 0 N–H and O–H groups in total. The average Bonchev–Trinajstić information content (AvgIpc) is 2.75. The second kappa shape index (κ2) is 5.63. The van der Waals surface area contributed by atoms with Gasteiger partial charge in [0.05, 0.1) is 18.4 Å². The van der Waals surface area contributed by atoms with Crippen LogP contribution in [0.5, 0.6) is 0 Å². The van der Waals surface area contributed by atoms with E-state index in [9.17, 15) is 4.79 Å². The van der Waals surface area contributed by atoms with Crippen LogP contribution in [-0.4, -0.2) is 17.8 Å². The molecule has 0 aliphatic carbocycles. The Bertz CT molecular complexity index is 550. The molecule has 0 unspecified atom stereocenters. The van der Waals surface area contributed by atoms with Gasteiger partial charge in [-0.2, -0.15) is 0 Å². The molecule has 0 radical (unpaired) electrons. The van der Waals surface area contributed by atoms with Crippen LogP contribution in [0.3, 0.4) is 0 Å². The van der Waals surface area contributed by atoms with Crippen LogP contribution in [-0.2, 0) is 6.54 Å². The summed E-state index contributed by atoms with van der Waals surface area (Å²) in [6, 6.07) is 5.80. The summed E-state index contributed by atoms with van der Waals surface area (Å²) < 4.78 is 1.11. The second-order valence-electron chi connectivity index (χ2n) is 4.05. The molecule has 2 aromatic heterocycles. The number of ketones is 1. The number of carbonyl (C=O) groups is 1. The van der Waals surface area contributed by atoms with Crippen LogP contribution >= 0.6 is 27.3 Å². The molecular formula is C13H13BrN2OS. The molecule has 2 heterocycles. The number of pyridine rings is 1. The van der Waals surface area contributed by atoms with E-state index in [2.05, 4.69) is 37.3 Å². The number of carbonyl (C=O) groups excluding carboxylic acids is 1. The smallest absolute Gasteiger partial charge is 0.178 e. The largest absolute Gasteiger partial charge is 0.368 e. The average molecular weight is 325 g/mol. The SMILES string of the molecule is CC(=O)c1ccc(N(C)Cc2cc(Br)cs2)cn1. The van der Waals surface area contributed by atoms with Crippen molar-refractivity contribution in [2.45, 2.75) is 13.5 Å². The van der Waals surface area contributed by atoms with E-state index in [1.807, 2.05) is 13.1 Å². The first-order chi connectivity index (χ1) is 8.56. The Morgan fingerprint density at radius 2 is 2.28 bits per heavy atom. The monoisotopic (exact) mass is 324 g/mol. The Labute approximate surface area is 119 Å². The van der Waals surface area contributed by atoms with Crippen molar-refractivity contribution >= 4 is 38.7 Å². The lowest BCUT2D eigenvalue weighted by Gasteiger charge is -2.17. The molecule has 0 amide bonds. The second-order valence-corrected chi connectivity index (χ2v) is 5.96. The van der Waals surface area contributed by atoms with Gasteiger partial charge in [-0.05, 0) is 34.1 Å². The molecule has 3 nitrogen and oxygen atoms in total. The van der Waals surface area contributed by atoms with Crippen LogP contribution < -0.4 is 4.90 Å². The van der Waals surface area contributed by atoms with Gasteiger partial charge in [0.15, 0.2) is 5.78 Å². The Morgan fingerprint density at radius 3 is 2.78 bits per heavy atom. The highest BCUT2D eigenvalue weighted by molar-refractivity contribution is 9.10. The lowest BCUT2D eigenvalue weighted by Crippen LogP contribution is -2.16. The maximum absolute atomic E-state index is 11.1. The minimum Gasteiger partial charge on any atom is -0.368 e. The minimum atomic E-state index is -0.00797. The first-order valence-corrected chi connectivity index (χ1v) is 7.14. The van der Waals surface area contributed by atoms with Gasteiger partial charge in [0.2, 0.25) is 0 Å². The molecule has 2 aromatic rings. The van der Waals surface area contributed by atoms with Crippen molar-refractivity contribution in [3.8, 4) is 0 Å². The van der Waals surface area contributed by atoms with Crippen molar-refractivity contribution in [1.82, 2.24) is 4.98 Å². The van der Waals surface area contributed by atoms with Crippen LogP contribution in [0.1, 0.15) is 22.3 Å². The maximum atomic E-state index is 11.1. The number of hydrogen-bond donors (Lipinski definition) is 0. The summed E-state index contributed by atoms with van der Waals surface area (Å²) in [6.07, 6.45) is 1.74. The minimum absolute atomic E-state index is 0.00797. The van der Waals surface area contributed by atoms with Gasteiger partial charge >= 0.3 is 0 Å². The van der Waals surface area contributed by atoms with E-state index in [1.54, 1.807) is 23.6 Å². The third kappa shape index (κ3) is 3.17. The molecule has 18 heavy (non-hydrogen) atoms. The highest BCUT2D eigenvalue weighted by Crippen LogP contribution is 2.22. The van der Waals surface area contributed by atoms with Gasteiger partial charge < -0.3 is 4.90 Å². The normalized spacial score (nSPS) is 10.4. The third-order valence-electron chi connectivity index (χ3n) is 2.56. The van der Waals surface area contributed by atoms with Gasteiger partial charge in [-0.3, -0.25) is 9.78 Å². The summed E-state index contributed by atoms with van der Waals surface area (Å²) in [6.45, 7) is 2.35. The number of hydrogen-bond acceptors (Lipinski definition) is 4. The number of anilines is 1. The van der Waals surface area contributed by atoms with Gasteiger partial charge in [-0.15, -0.1) is 11.3 Å². The predicted molar refractivity (Wildman–Crippen MR) is 78.4 cm³/mol. The van der Waals surface area contributed by atoms with Crippen molar-refractivity contribution in [1.29, 1.82) is 0 Å². The molecule has 5 heteroatoms. The fourth-order valence-corrected chi connectivity index (χ4v) is 3.09. The zero-order chi connectivity index (χ0) is 13.1. The first kappa shape index (κ1) is 13.2. The molecule has 0 spiro atoms. The van der Waals surface area contributed by atoms with Crippen LogP contribution in [0, 0.1) is 0 Å². The van der Waals surface area contributed by atoms with E-state index < -0.39 is 0 Å². The van der Waals surface area contributed by atoms with E-state index in [0.717, 1.165) is 16.7 Å². The quantitative estimate of drug-likeness (QED) is 0.803. The van der Waals surface area contributed by atoms with E-state index in [4.69, 9.17) is 0 Å². The van der Waals surface area contributed by atoms with Crippen molar-refractivity contribution < 1.29 is 4.79 Å². The van der Waals surface area contributed by atoms with Crippen LogP contribution in [0.25, 0.3) is 0 Å². The summed E-state index contributed by atoms with van der Waals surface area (Å²) in [5.41, 5.74) is 1.51. The van der Waals surface area contributed by atoms with Crippen molar-refractivity contribution in [2.24, 2.45) is 0 Å². The molecule has 2 rings (SSSR count). The van der Waals surface area contributed by atoms with Crippen molar-refractivity contribution in [3.05, 3.63) is 44.8 Å². The Morgan fingerprint density at radius 1 is 1.50 bits per heavy atom. The van der Waals surface area contributed by atoms with Gasteiger partial charge in [0, 0.05) is 28.7 Å². The van der Waals surface area contributed by atoms with Gasteiger partial charge in [0.25, 0.3) is 0 Å². The molecule has 0 aromatic carbocycles. The van der Waals surface area contributed by atoms with E-state index in [1.165, 1.54) is 11.8 Å². The summed E-state index contributed by atoms with van der Waals surface area (Å²) in [5.74, 6) is -0.00797. The van der Waals surface area contributed by atoms with Gasteiger partial charge in [-0.1, -0.05) is 0 Å². The fraction of sp³-hybridized carbons (Fsp3) is 0.231. The topological polar surface area (TPSA) is 33.2 Å². The molecular weight excluding hydrogens is 312 g/mol. The standard InChI is InChI=1S/C13H13BrN2OS/c1-9(17)13-4-3-11(6-15-13)16(2)7-12-5-10(14)8-18-12/h3-6,8H,7H2,1-2H3. The summed E-state index contributed by atoms with van der Waals surface area (Å²) in [4.78, 5) is 18.7. The van der Waals surface area contributed by atoms with Gasteiger partial charge in [0.1, 0.15) is 5.69 Å². The summed E-state index contributed by atoms with van der Waals surface area (Å²) in [5, 5.41) is 2.07. The molecule has 0 bridgehead atoms. The van der Waals surface area contributed by atoms with Gasteiger partial charge in [-0.25, -0.2) is 0 Å². The molecule has 0 saturated heterocycles. The highest BCUT2D eigenvalue weighted by atomic mass is 79.9. The first-order valence-electron chi connectivity index (χ1n) is 5.47. The van der Waals surface area contributed by atoms with Crippen LogP contribution in [0.4, 0.5) is 5.69 Å². The maximum Gasteiger partial charge on any atom is 0.178 e. The summed E-state index contributed by atoms with van der Waals surface area (Å²) in [7, 11) is 2.01. The fourth-order valence-electron chi connectivity index (χ4n) is 1.58. The Kier molecular flexibility index (Phi) is 4.14. The Balaban J connectivity index is 2.09. The number of thiophene rings is 1. The van der Waals surface area contributed by atoms with E-state index >= 15 is 0 Å².